The van der Waals surface area contributed by atoms with E-state index in [2.05, 4.69) is 26.3 Å². The number of aromatic nitrogens is 2. The number of aryl methyl sites for hydroxylation is 2. The molecule has 1 aromatic heterocycles. The monoisotopic (exact) mass is 300 g/mol. The first-order chi connectivity index (χ1) is 8.04. The van der Waals surface area contributed by atoms with Crippen LogP contribution in [0.25, 0.3) is 0 Å². The van der Waals surface area contributed by atoms with Crippen molar-refractivity contribution in [3.63, 3.8) is 0 Å². The van der Waals surface area contributed by atoms with Gasteiger partial charge in [-0.3, -0.25) is 14.4 Å². The van der Waals surface area contributed by atoms with Gasteiger partial charge in [-0.1, -0.05) is 6.92 Å². The Kier molecular flexibility index (Phi) is 3.19. The molecular formula is C10H13BrN4O2. The van der Waals surface area contributed by atoms with Crippen molar-refractivity contribution in [1.29, 1.82) is 0 Å². The number of rotatable bonds is 3. The number of hydrogen-bond acceptors (Lipinski definition) is 3. The van der Waals surface area contributed by atoms with E-state index in [0.717, 1.165) is 22.3 Å². The van der Waals surface area contributed by atoms with Crippen molar-refractivity contribution in [2.24, 2.45) is 7.05 Å². The van der Waals surface area contributed by atoms with Crippen LogP contribution < -0.4 is 5.32 Å². The summed E-state index contributed by atoms with van der Waals surface area (Å²) in [4.78, 5) is 24.1. The molecule has 1 aromatic rings. The van der Waals surface area contributed by atoms with Gasteiger partial charge in [0.1, 0.15) is 0 Å². The van der Waals surface area contributed by atoms with Gasteiger partial charge in [0.2, 0.25) is 5.91 Å². The zero-order valence-corrected chi connectivity index (χ0v) is 11.2. The van der Waals surface area contributed by atoms with E-state index in [-0.39, 0.29) is 25.0 Å². The van der Waals surface area contributed by atoms with Gasteiger partial charge < -0.3 is 5.32 Å². The van der Waals surface area contributed by atoms with Crippen molar-refractivity contribution in [2.45, 2.75) is 19.9 Å². The molecule has 0 saturated carbocycles. The number of nitrogens with zero attached hydrogens (tertiary/aromatic N) is 3. The smallest absolute Gasteiger partial charge is 0.324 e. The summed E-state index contributed by atoms with van der Waals surface area (Å²) in [6, 6.07) is -0.346. The molecule has 2 heterocycles. The van der Waals surface area contributed by atoms with Gasteiger partial charge in [0.05, 0.1) is 29.0 Å². The first-order valence-electron chi connectivity index (χ1n) is 5.33. The molecule has 1 saturated heterocycles. The quantitative estimate of drug-likeness (QED) is 0.840. The molecule has 0 bridgehead atoms. The molecule has 1 fully saturated rings. The Morgan fingerprint density at radius 2 is 2.18 bits per heavy atom. The average molecular weight is 301 g/mol. The van der Waals surface area contributed by atoms with Crippen LogP contribution in [0.4, 0.5) is 4.79 Å². The molecule has 0 spiro atoms. The third kappa shape index (κ3) is 2.06. The molecule has 92 valence electrons. The minimum absolute atomic E-state index is 0.0783. The Morgan fingerprint density at radius 3 is 2.65 bits per heavy atom. The van der Waals surface area contributed by atoms with E-state index in [0.29, 0.717) is 0 Å². The Balaban J connectivity index is 2.27. The lowest BCUT2D eigenvalue weighted by Gasteiger charge is -2.12. The van der Waals surface area contributed by atoms with Gasteiger partial charge in [0.25, 0.3) is 0 Å². The van der Waals surface area contributed by atoms with Crippen LogP contribution in [0.5, 0.6) is 0 Å². The molecule has 0 atom stereocenters. The summed E-state index contributed by atoms with van der Waals surface area (Å²) >= 11 is 3.46. The number of amides is 3. The highest BCUT2D eigenvalue weighted by Gasteiger charge is 2.30. The molecule has 17 heavy (non-hydrogen) atoms. The predicted octanol–water partition coefficient (Wildman–Crippen LogP) is 0.797. The van der Waals surface area contributed by atoms with E-state index < -0.39 is 0 Å². The van der Waals surface area contributed by atoms with Gasteiger partial charge >= 0.3 is 6.03 Å². The van der Waals surface area contributed by atoms with E-state index in [1.54, 1.807) is 11.7 Å². The zero-order chi connectivity index (χ0) is 12.6. The number of nitrogens with one attached hydrogen (secondary N) is 1. The molecule has 2 rings (SSSR count). The Hall–Kier alpha value is -1.37. The molecule has 0 aromatic carbocycles. The number of urea groups is 1. The lowest BCUT2D eigenvalue weighted by Crippen LogP contribution is -2.31. The predicted molar refractivity (Wildman–Crippen MR) is 64.2 cm³/mol. The van der Waals surface area contributed by atoms with Crippen LogP contribution in [-0.2, 0) is 24.8 Å². The van der Waals surface area contributed by atoms with E-state index in [4.69, 9.17) is 0 Å². The number of halogens is 1. The summed E-state index contributed by atoms with van der Waals surface area (Å²) in [5.41, 5.74) is 1.75. The fourth-order valence-corrected chi connectivity index (χ4v) is 2.50. The molecule has 7 heteroatoms. The van der Waals surface area contributed by atoms with Crippen molar-refractivity contribution in [3.05, 3.63) is 15.9 Å². The first-order valence-corrected chi connectivity index (χ1v) is 6.12. The third-order valence-corrected chi connectivity index (χ3v) is 3.66. The fraction of sp³-hybridized carbons (Fsp3) is 0.500. The van der Waals surface area contributed by atoms with E-state index in [9.17, 15) is 9.59 Å². The second-order valence-electron chi connectivity index (χ2n) is 3.82. The van der Waals surface area contributed by atoms with Crippen LogP contribution in [-0.4, -0.2) is 33.2 Å². The van der Waals surface area contributed by atoms with Crippen LogP contribution >= 0.6 is 15.9 Å². The van der Waals surface area contributed by atoms with E-state index in [1.807, 2.05) is 6.92 Å². The van der Waals surface area contributed by atoms with E-state index >= 15 is 0 Å². The Morgan fingerprint density at radius 1 is 1.47 bits per heavy atom. The highest BCUT2D eigenvalue weighted by atomic mass is 79.9. The summed E-state index contributed by atoms with van der Waals surface area (Å²) in [6.45, 7) is 2.33. The maximum atomic E-state index is 11.5. The van der Waals surface area contributed by atoms with Gasteiger partial charge in [-0.25, -0.2) is 4.79 Å². The number of imide groups is 1. The van der Waals surface area contributed by atoms with Crippen molar-refractivity contribution in [3.8, 4) is 0 Å². The third-order valence-electron chi connectivity index (χ3n) is 2.75. The van der Waals surface area contributed by atoms with Gasteiger partial charge in [0, 0.05) is 7.05 Å². The molecule has 0 aliphatic carbocycles. The molecule has 3 amide bonds. The van der Waals surface area contributed by atoms with E-state index in [1.165, 1.54) is 4.90 Å². The summed E-state index contributed by atoms with van der Waals surface area (Å²) in [6.07, 6.45) is 0.800. The fourth-order valence-electron chi connectivity index (χ4n) is 1.76. The normalized spacial score (nSPS) is 15.6. The van der Waals surface area contributed by atoms with Gasteiger partial charge in [-0.15, -0.1) is 0 Å². The zero-order valence-electron chi connectivity index (χ0n) is 9.66. The van der Waals surface area contributed by atoms with Gasteiger partial charge in [0.15, 0.2) is 0 Å². The van der Waals surface area contributed by atoms with Gasteiger partial charge in [-0.05, 0) is 22.4 Å². The van der Waals surface area contributed by atoms with Crippen LogP contribution in [0.2, 0.25) is 0 Å². The molecule has 1 N–H and O–H groups in total. The minimum Gasteiger partial charge on any atom is -0.329 e. The maximum absolute atomic E-state index is 11.5. The molecular weight excluding hydrogens is 288 g/mol. The molecule has 6 nitrogen and oxygen atoms in total. The summed E-state index contributed by atoms with van der Waals surface area (Å²) in [7, 11) is 1.80. The standard InChI is InChI=1S/C10H13BrN4O2/c1-3-6-9(11)7(14(2)13-6)5-15-8(16)4-12-10(15)17/h3-5H2,1-2H3,(H,12,17). The SMILES string of the molecule is CCc1nn(C)c(CN2C(=O)CNC2=O)c1Br. The summed E-state index contributed by atoms with van der Waals surface area (Å²) < 4.78 is 2.57. The van der Waals surface area contributed by atoms with Crippen LogP contribution in [0.1, 0.15) is 18.3 Å². The molecule has 1 aliphatic heterocycles. The van der Waals surface area contributed by atoms with Crippen LogP contribution in [0, 0.1) is 0 Å². The first kappa shape index (κ1) is 12.1. The van der Waals surface area contributed by atoms with Crippen LogP contribution in [0.3, 0.4) is 0 Å². The van der Waals surface area contributed by atoms with Crippen molar-refractivity contribution >= 4 is 27.9 Å². The number of carbonyl (C=O) groups excluding carboxylic acids is 2. The second-order valence-corrected chi connectivity index (χ2v) is 4.62. The molecule has 0 unspecified atom stereocenters. The number of carbonyl (C=O) groups is 2. The average Bonchev–Trinajstić information content (AvgIpc) is 2.75. The largest absolute Gasteiger partial charge is 0.329 e. The van der Waals surface area contributed by atoms with Crippen molar-refractivity contribution in [2.75, 3.05) is 6.54 Å². The molecule has 0 radical (unpaired) electrons. The Bertz CT molecular complexity index is 467. The topological polar surface area (TPSA) is 67.2 Å². The minimum atomic E-state index is -0.346. The van der Waals surface area contributed by atoms with Crippen molar-refractivity contribution in [1.82, 2.24) is 20.0 Å². The summed E-state index contributed by atoms with van der Waals surface area (Å²) in [5.74, 6) is -0.207. The van der Waals surface area contributed by atoms with Gasteiger partial charge in [-0.2, -0.15) is 5.10 Å². The lowest BCUT2D eigenvalue weighted by atomic mass is 10.3. The second kappa shape index (κ2) is 4.48. The number of hydrogen-bond donors (Lipinski definition) is 1. The Labute approximate surface area is 107 Å². The molecule has 1 aliphatic rings. The highest BCUT2D eigenvalue weighted by Crippen LogP contribution is 2.23. The van der Waals surface area contributed by atoms with Crippen molar-refractivity contribution < 1.29 is 9.59 Å². The summed E-state index contributed by atoms with van der Waals surface area (Å²) in [5, 5.41) is 6.81. The highest BCUT2D eigenvalue weighted by molar-refractivity contribution is 9.10. The lowest BCUT2D eigenvalue weighted by molar-refractivity contribution is -0.125. The maximum Gasteiger partial charge on any atom is 0.324 e. The van der Waals surface area contributed by atoms with Crippen LogP contribution in [0.15, 0.2) is 4.47 Å².